The second-order valence-corrected chi connectivity index (χ2v) is 14.1. The molecule has 1 aromatic heterocycles. The van der Waals surface area contributed by atoms with E-state index < -0.39 is 5.60 Å². The van der Waals surface area contributed by atoms with Gasteiger partial charge < -0.3 is 24.2 Å². The highest BCUT2D eigenvalue weighted by molar-refractivity contribution is 6.10. The van der Waals surface area contributed by atoms with Gasteiger partial charge in [-0.15, -0.1) is 5.10 Å². The van der Waals surface area contributed by atoms with Crippen LogP contribution in [0.25, 0.3) is 0 Å². The fraction of sp³-hybridized carbons (Fsp3) is 0.293. The van der Waals surface area contributed by atoms with Crippen molar-refractivity contribution >= 4 is 46.2 Å². The molecule has 1 fully saturated rings. The number of fused-ring (bicyclic) bond motifs is 4. The van der Waals surface area contributed by atoms with Gasteiger partial charge in [0.15, 0.2) is 18.8 Å². The minimum atomic E-state index is -1.28. The third-order valence-electron chi connectivity index (χ3n) is 10.7. The van der Waals surface area contributed by atoms with E-state index in [2.05, 4.69) is 10.3 Å². The topological polar surface area (TPSA) is 140 Å². The van der Waals surface area contributed by atoms with E-state index in [1.807, 2.05) is 104 Å². The normalized spacial score (nSPS) is 21.6. The van der Waals surface area contributed by atoms with Crippen molar-refractivity contribution in [2.45, 2.75) is 51.0 Å². The van der Waals surface area contributed by atoms with Gasteiger partial charge in [-0.05, 0) is 73.0 Å². The van der Waals surface area contributed by atoms with Crippen molar-refractivity contribution in [3.8, 4) is 11.5 Å². The van der Waals surface area contributed by atoms with Crippen molar-refractivity contribution in [2.75, 3.05) is 34.5 Å². The van der Waals surface area contributed by atoms with Crippen LogP contribution in [-0.2, 0) is 44.2 Å². The van der Waals surface area contributed by atoms with E-state index in [0.29, 0.717) is 65.7 Å². The summed E-state index contributed by atoms with van der Waals surface area (Å²) in [6, 6.07) is 28.2. The average molecular weight is 727 g/mol. The Kier molecular flexibility index (Phi) is 8.39. The molecule has 3 amide bonds. The fourth-order valence-electron chi connectivity index (χ4n) is 8.19. The highest BCUT2D eigenvalue weighted by Crippen LogP contribution is 2.55. The van der Waals surface area contributed by atoms with Gasteiger partial charge in [-0.1, -0.05) is 48.5 Å². The molecule has 3 atom stereocenters. The molecule has 0 radical (unpaired) electrons. The van der Waals surface area contributed by atoms with Crippen LogP contribution < -0.4 is 24.2 Å². The Hall–Kier alpha value is -6.05. The summed E-state index contributed by atoms with van der Waals surface area (Å²) in [5.74, 6) is 0.529. The maximum Gasteiger partial charge on any atom is 0.269 e. The predicted molar refractivity (Wildman–Crippen MR) is 198 cm³/mol. The van der Waals surface area contributed by atoms with Crippen molar-refractivity contribution in [2.24, 2.45) is 5.92 Å². The molecule has 0 aliphatic carbocycles. The lowest BCUT2D eigenvalue weighted by atomic mass is 9.82. The number of carbonyl (C=O) groups excluding carboxylic acids is 3. The van der Waals surface area contributed by atoms with Crippen molar-refractivity contribution in [3.05, 3.63) is 114 Å². The molecule has 5 aromatic rings. The summed E-state index contributed by atoms with van der Waals surface area (Å²) in [7, 11) is 0. The quantitative estimate of drug-likeness (QED) is 0.218. The van der Waals surface area contributed by atoms with Crippen molar-refractivity contribution in [1.82, 2.24) is 15.0 Å². The zero-order valence-electron chi connectivity index (χ0n) is 29.6. The summed E-state index contributed by atoms with van der Waals surface area (Å²) in [5, 5.41) is 17.6. The number of nitrogens with zero attached hydrogens (tertiary/aromatic N) is 6. The van der Waals surface area contributed by atoms with Crippen LogP contribution in [0.4, 0.5) is 28.4 Å². The first-order chi connectivity index (χ1) is 26.3. The van der Waals surface area contributed by atoms with Gasteiger partial charge in [0.2, 0.25) is 0 Å². The lowest BCUT2D eigenvalue weighted by Crippen LogP contribution is -2.43. The predicted octanol–water partition coefficient (Wildman–Crippen LogP) is 5.18. The molecule has 0 bridgehead atoms. The van der Waals surface area contributed by atoms with Gasteiger partial charge in [0.25, 0.3) is 17.7 Å². The molecule has 54 heavy (non-hydrogen) atoms. The standard InChI is InChI=1S/C41H38N6O7/c1-26-20-31(16-18-44-23-28(17-19-48)42-43-44)54-41(26)32-21-30(47-35-7-3-5-9-37(35)53-25-39(47)50)14-15-33(32)45(40(41)51)22-27-10-12-29(13-11-27)46-34-6-2-4-8-36(34)52-24-38(46)49/h2-15,21,23,26,31,48H,16-20,22,24-25H2,1H3/t26-,31+,41+/m1/s1. The number of hydrogen-bond acceptors (Lipinski definition) is 9. The lowest BCUT2D eigenvalue weighted by Gasteiger charge is -2.31. The molecule has 1 spiro atoms. The molecular weight excluding hydrogens is 688 g/mol. The molecule has 1 N–H and O–H groups in total. The Morgan fingerprint density at radius 2 is 1.46 bits per heavy atom. The second kappa shape index (κ2) is 13.4. The number of para-hydroxylation sites is 4. The molecule has 13 nitrogen and oxygen atoms in total. The monoisotopic (exact) mass is 726 g/mol. The van der Waals surface area contributed by atoms with E-state index in [1.54, 1.807) is 19.4 Å². The van der Waals surface area contributed by atoms with E-state index in [0.717, 1.165) is 16.8 Å². The Bertz CT molecular complexity index is 2270. The Balaban J connectivity index is 1.05. The fourth-order valence-corrected chi connectivity index (χ4v) is 8.19. The molecule has 1 saturated heterocycles. The maximum absolute atomic E-state index is 14.9. The molecule has 4 aliphatic rings. The van der Waals surface area contributed by atoms with Crippen LogP contribution in [0.3, 0.4) is 0 Å². The number of aliphatic hydroxyl groups excluding tert-OH is 1. The SMILES string of the molecule is C[C@@H]1C[C@H](CCn2cc(CCO)nn2)O[C@@]12C(=O)N(Cc1ccc(N3C(=O)COc4ccccc43)cc1)c1ccc(N3C(=O)COc4ccccc43)cc12. The van der Waals surface area contributed by atoms with E-state index in [1.165, 1.54) is 0 Å². The Labute approximate surface area is 311 Å². The van der Waals surface area contributed by atoms with Gasteiger partial charge in [-0.2, -0.15) is 0 Å². The number of rotatable bonds is 9. The lowest BCUT2D eigenvalue weighted by molar-refractivity contribution is -0.146. The number of aromatic nitrogens is 3. The number of ether oxygens (including phenoxy) is 3. The maximum atomic E-state index is 14.9. The minimum absolute atomic E-state index is 0.00166. The van der Waals surface area contributed by atoms with Gasteiger partial charge in [0.1, 0.15) is 11.5 Å². The minimum Gasteiger partial charge on any atom is -0.482 e. The zero-order chi connectivity index (χ0) is 37.0. The average Bonchev–Trinajstić information content (AvgIpc) is 3.85. The highest BCUT2D eigenvalue weighted by atomic mass is 16.5. The molecule has 4 aliphatic heterocycles. The van der Waals surface area contributed by atoms with E-state index >= 15 is 0 Å². The number of anilines is 5. The van der Waals surface area contributed by atoms with Crippen LogP contribution in [0.2, 0.25) is 0 Å². The highest BCUT2D eigenvalue weighted by Gasteiger charge is 2.60. The summed E-state index contributed by atoms with van der Waals surface area (Å²) < 4.78 is 20.0. The smallest absolute Gasteiger partial charge is 0.269 e. The number of aryl methyl sites for hydroxylation is 1. The van der Waals surface area contributed by atoms with Crippen LogP contribution >= 0.6 is 0 Å². The molecule has 0 saturated carbocycles. The number of amides is 3. The van der Waals surface area contributed by atoms with E-state index in [9.17, 15) is 19.5 Å². The van der Waals surface area contributed by atoms with Gasteiger partial charge in [0.05, 0.1) is 35.4 Å². The number of hydrogen-bond donors (Lipinski definition) is 1. The molecule has 274 valence electrons. The second-order valence-electron chi connectivity index (χ2n) is 14.1. The van der Waals surface area contributed by atoms with Crippen LogP contribution in [0.1, 0.15) is 36.6 Å². The number of carbonyl (C=O) groups is 3. The van der Waals surface area contributed by atoms with E-state index in [4.69, 9.17) is 14.2 Å². The van der Waals surface area contributed by atoms with Crippen LogP contribution in [0.5, 0.6) is 11.5 Å². The third-order valence-corrected chi connectivity index (χ3v) is 10.7. The molecule has 9 rings (SSSR count). The largest absolute Gasteiger partial charge is 0.482 e. The number of aliphatic hydroxyl groups is 1. The van der Waals surface area contributed by atoms with Crippen LogP contribution in [0.15, 0.2) is 97.2 Å². The van der Waals surface area contributed by atoms with Crippen molar-refractivity contribution in [1.29, 1.82) is 0 Å². The molecular formula is C41H38N6O7. The number of benzene rings is 4. The third kappa shape index (κ3) is 5.58. The van der Waals surface area contributed by atoms with Crippen molar-refractivity contribution in [3.63, 3.8) is 0 Å². The summed E-state index contributed by atoms with van der Waals surface area (Å²) in [4.78, 5) is 46.4. The van der Waals surface area contributed by atoms with Gasteiger partial charge in [-0.25, -0.2) is 0 Å². The summed E-state index contributed by atoms with van der Waals surface area (Å²) >= 11 is 0. The Morgan fingerprint density at radius 3 is 2.15 bits per heavy atom. The van der Waals surface area contributed by atoms with Crippen LogP contribution in [0, 0.1) is 5.92 Å². The first kappa shape index (κ1) is 33.8. The first-order valence-electron chi connectivity index (χ1n) is 18.2. The van der Waals surface area contributed by atoms with Gasteiger partial charge >= 0.3 is 0 Å². The summed E-state index contributed by atoms with van der Waals surface area (Å²) in [5.41, 5.74) is 4.39. The first-order valence-corrected chi connectivity index (χ1v) is 18.2. The van der Waals surface area contributed by atoms with Gasteiger partial charge in [0, 0.05) is 48.6 Å². The molecule has 5 heterocycles. The molecule has 0 unspecified atom stereocenters. The molecule has 13 heteroatoms. The van der Waals surface area contributed by atoms with Crippen LogP contribution in [-0.4, -0.2) is 63.7 Å². The summed E-state index contributed by atoms with van der Waals surface area (Å²) in [6.45, 7) is 2.71. The van der Waals surface area contributed by atoms with Crippen molar-refractivity contribution < 1.29 is 33.7 Å². The summed E-state index contributed by atoms with van der Waals surface area (Å²) in [6.07, 6.45) is 3.26. The van der Waals surface area contributed by atoms with E-state index in [-0.39, 0.29) is 56.1 Å². The zero-order valence-corrected chi connectivity index (χ0v) is 29.6. The molecule has 4 aromatic carbocycles. The Morgan fingerprint density at radius 1 is 0.815 bits per heavy atom. The van der Waals surface area contributed by atoms with Gasteiger partial charge in [-0.3, -0.25) is 28.9 Å².